The summed E-state index contributed by atoms with van der Waals surface area (Å²) in [5.74, 6) is 0.595. The van der Waals surface area contributed by atoms with Gasteiger partial charge in [0.25, 0.3) is 0 Å². The van der Waals surface area contributed by atoms with Crippen LogP contribution in [0.25, 0.3) is 0 Å². The SMILES string of the molecule is CCNC(=NCCCN(C)S(=O)(=O)CC)NCCc1ccc(F)cc1C. The van der Waals surface area contributed by atoms with Crippen molar-refractivity contribution in [1.82, 2.24) is 14.9 Å². The Morgan fingerprint density at radius 2 is 2.00 bits per heavy atom. The lowest BCUT2D eigenvalue weighted by Gasteiger charge is -2.15. The number of rotatable bonds is 10. The molecule has 0 aliphatic rings. The van der Waals surface area contributed by atoms with Crippen LogP contribution in [-0.4, -0.2) is 57.7 Å². The number of halogens is 1. The number of aliphatic imine (C=N–C) groups is 1. The molecule has 0 saturated carbocycles. The topological polar surface area (TPSA) is 73.8 Å². The second-order valence-corrected chi connectivity index (χ2v) is 8.45. The van der Waals surface area contributed by atoms with Crippen molar-refractivity contribution in [3.05, 3.63) is 35.1 Å². The molecule has 0 radical (unpaired) electrons. The van der Waals surface area contributed by atoms with Crippen LogP contribution in [0.1, 0.15) is 31.4 Å². The van der Waals surface area contributed by atoms with E-state index in [1.165, 1.54) is 16.4 Å². The molecule has 148 valence electrons. The molecular weight excluding hydrogens is 355 g/mol. The normalized spacial score (nSPS) is 12.5. The quantitative estimate of drug-likeness (QED) is 0.366. The fourth-order valence-electron chi connectivity index (χ4n) is 2.44. The molecule has 0 atom stereocenters. The van der Waals surface area contributed by atoms with Crippen LogP contribution in [0.5, 0.6) is 0 Å². The number of hydrogen-bond donors (Lipinski definition) is 2. The highest BCUT2D eigenvalue weighted by molar-refractivity contribution is 7.89. The van der Waals surface area contributed by atoms with Gasteiger partial charge in [0, 0.05) is 33.2 Å². The lowest BCUT2D eigenvalue weighted by Crippen LogP contribution is -2.38. The average molecular weight is 387 g/mol. The van der Waals surface area contributed by atoms with E-state index in [9.17, 15) is 12.8 Å². The van der Waals surface area contributed by atoms with E-state index in [1.54, 1.807) is 20.0 Å². The maximum atomic E-state index is 13.1. The molecule has 26 heavy (non-hydrogen) atoms. The first-order valence-electron chi connectivity index (χ1n) is 9.01. The number of nitrogens with one attached hydrogen (secondary N) is 2. The summed E-state index contributed by atoms with van der Waals surface area (Å²) < 4.78 is 37.9. The first kappa shape index (κ1) is 22.4. The highest BCUT2D eigenvalue weighted by Gasteiger charge is 2.13. The van der Waals surface area contributed by atoms with Gasteiger partial charge in [-0.1, -0.05) is 6.07 Å². The number of sulfonamides is 1. The van der Waals surface area contributed by atoms with E-state index in [1.807, 2.05) is 13.8 Å². The van der Waals surface area contributed by atoms with Gasteiger partial charge in [-0.15, -0.1) is 0 Å². The average Bonchev–Trinajstić information content (AvgIpc) is 2.60. The lowest BCUT2D eigenvalue weighted by atomic mass is 10.1. The molecule has 1 aromatic rings. The fraction of sp³-hybridized carbons (Fsp3) is 0.611. The molecule has 8 heteroatoms. The zero-order valence-corrected chi connectivity index (χ0v) is 17.0. The molecule has 0 heterocycles. The van der Waals surface area contributed by atoms with E-state index in [0.29, 0.717) is 32.0 Å². The van der Waals surface area contributed by atoms with Gasteiger partial charge < -0.3 is 10.6 Å². The third-order valence-corrected chi connectivity index (χ3v) is 5.94. The number of hydrogen-bond acceptors (Lipinski definition) is 3. The van der Waals surface area contributed by atoms with E-state index >= 15 is 0 Å². The smallest absolute Gasteiger partial charge is 0.213 e. The number of benzene rings is 1. The van der Waals surface area contributed by atoms with Crippen LogP contribution < -0.4 is 10.6 Å². The molecule has 0 aromatic heterocycles. The Morgan fingerprint density at radius 1 is 1.27 bits per heavy atom. The Balaban J connectivity index is 2.46. The van der Waals surface area contributed by atoms with Crippen LogP contribution in [0, 0.1) is 12.7 Å². The van der Waals surface area contributed by atoms with Crippen molar-refractivity contribution in [2.45, 2.75) is 33.6 Å². The molecule has 0 spiro atoms. The second-order valence-electron chi connectivity index (χ2n) is 6.08. The van der Waals surface area contributed by atoms with Crippen molar-refractivity contribution in [2.24, 2.45) is 4.99 Å². The Bertz CT molecular complexity index is 692. The number of aryl methyl sites for hydroxylation is 1. The molecule has 0 unspecified atom stereocenters. The van der Waals surface area contributed by atoms with E-state index in [-0.39, 0.29) is 11.6 Å². The van der Waals surface area contributed by atoms with E-state index in [4.69, 9.17) is 0 Å². The molecule has 0 fully saturated rings. The van der Waals surface area contributed by atoms with Gasteiger partial charge in [-0.3, -0.25) is 4.99 Å². The minimum atomic E-state index is -3.13. The Kier molecular flexibility index (Phi) is 9.58. The summed E-state index contributed by atoms with van der Waals surface area (Å²) in [4.78, 5) is 4.47. The summed E-state index contributed by atoms with van der Waals surface area (Å²) in [5.41, 5.74) is 2.04. The maximum Gasteiger partial charge on any atom is 0.213 e. The zero-order valence-electron chi connectivity index (χ0n) is 16.2. The maximum absolute atomic E-state index is 13.1. The van der Waals surface area contributed by atoms with Gasteiger partial charge in [-0.2, -0.15) is 0 Å². The zero-order chi connectivity index (χ0) is 19.6. The molecule has 1 aromatic carbocycles. The van der Waals surface area contributed by atoms with Gasteiger partial charge in [0.1, 0.15) is 5.82 Å². The standard InChI is InChI=1S/C18H31FN4O2S/c1-5-20-18(21-11-7-13-23(4)26(24,25)6-2)22-12-10-16-8-9-17(19)14-15(16)3/h8-9,14H,5-7,10-13H2,1-4H3,(H2,20,21,22). The van der Waals surface area contributed by atoms with E-state index in [2.05, 4.69) is 15.6 Å². The minimum absolute atomic E-state index is 0.111. The van der Waals surface area contributed by atoms with Crippen molar-refractivity contribution in [3.8, 4) is 0 Å². The Labute approximate surface area is 156 Å². The van der Waals surface area contributed by atoms with Crippen LogP contribution in [0.3, 0.4) is 0 Å². The lowest BCUT2D eigenvalue weighted by molar-refractivity contribution is 0.465. The second kappa shape index (κ2) is 11.1. The summed E-state index contributed by atoms with van der Waals surface area (Å²) in [5, 5.41) is 6.42. The Hall–Kier alpha value is -1.67. The molecule has 0 bridgehead atoms. The highest BCUT2D eigenvalue weighted by Crippen LogP contribution is 2.10. The van der Waals surface area contributed by atoms with Gasteiger partial charge in [0.15, 0.2) is 5.96 Å². The predicted molar refractivity (Wildman–Crippen MR) is 106 cm³/mol. The van der Waals surface area contributed by atoms with Crippen LogP contribution >= 0.6 is 0 Å². The van der Waals surface area contributed by atoms with E-state index in [0.717, 1.165) is 24.1 Å². The first-order chi connectivity index (χ1) is 12.3. The van der Waals surface area contributed by atoms with Crippen LogP contribution in [0.2, 0.25) is 0 Å². The summed E-state index contributed by atoms with van der Waals surface area (Å²) in [7, 11) is -1.54. The third-order valence-electron chi connectivity index (χ3n) is 4.08. The molecule has 6 nitrogen and oxygen atoms in total. The van der Waals surface area contributed by atoms with Crippen LogP contribution in [0.15, 0.2) is 23.2 Å². The van der Waals surface area contributed by atoms with Crippen molar-refractivity contribution in [3.63, 3.8) is 0 Å². The minimum Gasteiger partial charge on any atom is -0.357 e. The number of guanidine groups is 1. The largest absolute Gasteiger partial charge is 0.357 e. The summed E-state index contributed by atoms with van der Waals surface area (Å²) in [6.07, 6.45) is 1.43. The first-order valence-corrected chi connectivity index (χ1v) is 10.6. The molecule has 2 N–H and O–H groups in total. The molecule has 0 aliphatic carbocycles. The summed E-state index contributed by atoms with van der Waals surface area (Å²) in [6.45, 7) is 7.94. The van der Waals surface area contributed by atoms with Gasteiger partial charge >= 0.3 is 0 Å². The third kappa shape index (κ3) is 7.70. The van der Waals surface area contributed by atoms with Crippen LogP contribution in [-0.2, 0) is 16.4 Å². The van der Waals surface area contributed by atoms with Gasteiger partial charge in [-0.25, -0.2) is 17.1 Å². The summed E-state index contributed by atoms with van der Waals surface area (Å²) in [6, 6.07) is 4.82. The molecular formula is C18H31FN4O2S. The van der Waals surface area contributed by atoms with E-state index < -0.39 is 10.0 Å². The van der Waals surface area contributed by atoms with Crippen LogP contribution in [0.4, 0.5) is 4.39 Å². The Morgan fingerprint density at radius 3 is 2.62 bits per heavy atom. The predicted octanol–water partition coefficient (Wildman–Crippen LogP) is 1.90. The molecule has 1 rings (SSSR count). The molecule has 0 aliphatic heterocycles. The molecule has 0 amide bonds. The van der Waals surface area contributed by atoms with Gasteiger partial charge in [-0.05, 0) is 56.9 Å². The van der Waals surface area contributed by atoms with Crippen molar-refractivity contribution >= 4 is 16.0 Å². The number of nitrogens with zero attached hydrogens (tertiary/aromatic N) is 2. The van der Waals surface area contributed by atoms with Crippen molar-refractivity contribution in [1.29, 1.82) is 0 Å². The summed E-state index contributed by atoms with van der Waals surface area (Å²) >= 11 is 0. The van der Waals surface area contributed by atoms with Crippen molar-refractivity contribution < 1.29 is 12.8 Å². The molecule has 0 saturated heterocycles. The monoisotopic (exact) mass is 386 g/mol. The van der Waals surface area contributed by atoms with Gasteiger partial charge in [0.05, 0.1) is 5.75 Å². The van der Waals surface area contributed by atoms with Crippen molar-refractivity contribution in [2.75, 3.05) is 39.0 Å². The fourth-order valence-corrected chi connectivity index (χ4v) is 3.29. The van der Waals surface area contributed by atoms with Gasteiger partial charge in [0.2, 0.25) is 10.0 Å². The highest BCUT2D eigenvalue weighted by atomic mass is 32.2.